The van der Waals surface area contributed by atoms with E-state index in [-0.39, 0.29) is 12.1 Å². The highest BCUT2D eigenvalue weighted by molar-refractivity contribution is 5.74. The van der Waals surface area contributed by atoms with Crippen molar-refractivity contribution in [1.82, 2.24) is 10.6 Å². The van der Waals surface area contributed by atoms with Gasteiger partial charge in [-0.15, -0.1) is 12.3 Å². The number of hydrogen-bond acceptors (Lipinski definition) is 1. The van der Waals surface area contributed by atoms with Crippen molar-refractivity contribution in [2.24, 2.45) is 0 Å². The molecule has 0 aliphatic rings. The van der Waals surface area contributed by atoms with E-state index in [0.717, 1.165) is 24.8 Å². The molecule has 1 unspecified atom stereocenters. The monoisotopic (exact) mass is 258 g/mol. The van der Waals surface area contributed by atoms with Crippen LogP contribution in [0, 0.1) is 12.3 Å². The van der Waals surface area contributed by atoms with Crippen molar-refractivity contribution >= 4 is 6.03 Å². The van der Waals surface area contributed by atoms with E-state index in [9.17, 15) is 4.79 Å². The van der Waals surface area contributed by atoms with E-state index in [1.807, 2.05) is 30.3 Å². The molecule has 2 N–H and O–H groups in total. The van der Waals surface area contributed by atoms with Crippen LogP contribution in [0.15, 0.2) is 30.3 Å². The van der Waals surface area contributed by atoms with Crippen LogP contribution in [-0.2, 0) is 0 Å². The van der Waals surface area contributed by atoms with Gasteiger partial charge in [-0.3, -0.25) is 0 Å². The van der Waals surface area contributed by atoms with Gasteiger partial charge in [0.15, 0.2) is 0 Å². The Morgan fingerprint density at radius 2 is 2.05 bits per heavy atom. The van der Waals surface area contributed by atoms with Crippen molar-refractivity contribution in [3.63, 3.8) is 0 Å². The Morgan fingerprint density at radius 3 is 2.68 bits per heavy atom. The standard InChI is InChI=1S/C16H22N2O/c1-3-5-9-13-17-16(19)18-15(10-4-2)14-11-7-6-8-12-14/h2,6-8,11-12,15H,3,5,9-10,13H2,1H3,(H2,17,18,19). The fourth-order valence-electron chi connectivity index (χ4n) is 1.84. The fourth-order valence-corrected chi connectivity index (χ4v) is 1.84. The summed E-state index contributed by atoms with van der Waals surface area (Å²) in [5, 5.41) is 5.78. The molecule has 3 nitrogen and oxygen atoms in total. The highest BCUT2D eigenvalue weighted by atomic mass is 16.2. The topological polar surface area (TPSA) is 41.1 Å². The first-order valence-electron chi connectivity index (χ1n) is 6.80. The lowest BCUT2D eigenvalue weighted by atomic mass is 10.0. The molecular formula is C16H22N2O. The minimum absolute atomic E-state index is 0.127. The van der Waals surface area contributed by atoms with E-state index in [0.29, 0.717) is 13.0 Å². The van der Waals surface area contributed by atoms with Crippen LogP contribution in [0.3, 0.4) is 0 Å². The minimum atomic E-state index is -0.153. The van der Waals surface area contributed by atoms with E-state index in [1.54, 1.807) is 0 Å². The van der Waals surface area contributed by atoms with Gasteiger partial charge in [-0.05, 0) is 12.0 Å². The molecule has 3 heteroatoms. The van der Waals surface area contributed by atoms with E-state index in [2.05, 4.69) is 23.5 Å². The maximum atomic E-state index is 11.8. The zero-order valence-corrected chi connectivity index (χ0v) is 11.5. The lowest BCUT2D eigenvalue weighted by Gasteiger charge is -2.17. The van der Waals surface area contributed by atoms with E-state index in [1.165, 1.54) is 0 Å². The summed E-state index contributed by atoms with van der Waals surface area (Å²) in [7, 11) is 0. The summed E-state index contributed by atoms with van der Waals surface area (Å²) in [5.41, 5.74) is 1.03. The Kier molecular flexibility index (Phi) is 7.19. The number of urea groups is 1. The van der Waals surface area contributed by atoms with Crippen LogP contribution in [-0.4, -0.2) is 12.6 Å². The number of nitrogens with one attached hydrogen (secondary N) is 2. The summed E-state index contributed by atoms with van der Waals surface area (Å²) in [6.07, 6.45) is 9.14. The van der Waals surface area contributed by atoms with E-state index >= 15 is 0 Å². The fraction of sp³-hybridized carbons (Fsp3) is 0.438. The molecule has 102 valence electrons. The third-order valence-electron chi connectivity index (χ3n) is 2.90. The zero-order valence-electron chi connectivity index (χ0n) is 11.5. The van der Waals surface area contributed by atoms with Gasteiger partial charge in [0.1, 0.15) is 0 Å². The van der Waals surface area contributed by atoms with Crippen LogP contribution >= 0.6 is 0 Å². The molecule has 1 aromatic carbocycles. The first kappa shape index (κ1) is 15.1. The summed E-state index contributed by atoms with van der Waals surface area (Å²) in [5.74, 6) is 2.61. The van der Waals surface area contributed by atoms with Crippen molar-refractivity contribution in [3.8, 4) is 12.3 Å². The molecule has 1 aromatic rings. The van der Waals surface area contributed by atoms with Gasteiger partial charge < -0.3 is 10.6 Å². The first-order valence-corrected chi connectivity index (χ1v) is 6.80. The Bertz CT molecular complexity index is 409. The van der Waals surface area contributed by atoms with Gasteiger partial charge in [-0.1, -0.05) is 50.1 Å². The Balaban J connectivity index is 2.46. The van der Waals surface area contributed by atoms with E-state index in [4.69, 9.17) is 6.42 Å². The molecule has 0 bridgehead atoms. The van der Waals surface area contributed by atoms with Gasteiger partial charge >= 0.3 is 6.03 Å². The number of unbranched alkanes of at least 4 members (excludes halogenated alkanes) is 2. The lowest BCUT2D eigenvalue weighted by molar-refractivity contribution is 0.237. The predicted molar refractivity (Wildman–Crippen MR) is 78.7 cm³/mol. The number of terminal acetylenes is 1. The highest BCUT2D eigenvalue weighted by Crippen LogP contribution is 2.15. The molecule has 0 aliphatic carbocycles. The predicted octanol–water partition coefficient (Wildman–Crippen LogP) is 3.24. The molecular weight excluding hydrogens is 236 g/mol. The molecule has 0 saturated carbocycles. The molecule has 0 radical (unpaired) electrons. The number of rotatable bonds is 7. The van der Waals surface area contributed by atoms with Gasteiger partial charge in [0.05, 0.1) is 6.04 Å². The maximum absolute atomic E-state index is 11.8. The Labute approximate surface area is 115 Å². The number of carbonyl (C=O) groups excluding carboxylic acids is 1. The summed E-state index contributed by atoms with van der Waals surface area (Å²) in [4.78, 5) is 11.8. The average molecular weight is 258 g/mol. The zero-order chi connectivity index (χ0) is 13.9. The minimum Gasteiger partial charge on any atom is -0.338 e. The Hall–Kier alpha value is -1.95. The molecule has 2 amide bonds. The SMILES string of the molecule is C#CCC(NC(=O)NCCCCC)c1ccccc1. The lowest BCUT2D eigenvalue weighted by Crippen LogP contribution is -2.38. The second kappa shape index (κ2) is 9.04. The highest BCUT2D eigenvalue weighted by Gasteiger charge is 2.12. The largest absolute Gasteiger partial charge is 0.338 e. The van der Waals surface area contributed by atoms with E-state index < -0.39 is 0 Å². The third kappa shape index (κ3) is 5.96. The van der Waals surface area contributed by atoms with Crippen molar-refractivity contribution < 1.29 is 4.79 Å². The number of benzene rings is 1. The van der Waals surface area contributed by atoms with Crippen LogP contribution in [0.25, 0.3) is 0 Å². The number of hydrogen-bond donors (Lipinski definition) is 2. The molecule has 0 saturated heterocycles. The summed E-state index contributed by atoms with van der Waals surface area (Å²) >= 11 is 0. The molecule has 0 spiro atoms. The summed E-state index contributed by atoms with van der Waals surface area (Å²) in [6.45, 7) is 2.84. The average Bonchev–Trinajstić information content (AvgIpc) is 2.44. The van der Waals surface area contributed by atoms with Crippen LogP contribution in [0.1, 0.15) is 44.2 Å². The molecule has 1 atom stereocenters. The number of amides is 2. The van der Waals surface area contributed by atoms with Gasteiger partial charge in [0.2, 0.25) is 0 Å². The molecule has 0 aromatic heterocycles. The van der Waals surface area contributed by atoms with Crippen molar-refractivity contribution in [3.05, 3.63) is 35.9 Å². The van der Waals surface area contributed by atoms with Gasteiger partial charge in [0.25, 0.3) is 0 Å². The summed E-state index contributed by atoms with van der Waals surface area (Å²) in [6, 6.07) is 9.50. The van der Waals surface area contributed by atoms with Crippen molar-refractivity contribution in [2.45, 2.75) is 38.6 Å². The summed E-state index contributed by atoms with van der Waals surface area (Å²) < 4.78 is 0. The first-order chi connectivity index (χ1) is 9.27. The molecule has 0 fully saturated rings. The van der Waals surface area contributed by atoms with Crippen LogP contribution in [0.4, 0.5) is 4.79 Å². The van der Waals surface area contributed by atoms with Crippen LogP contribution in [0.5, 0.6) is 0 Å². The molecule has 19 heavy (non-hydrogen) atoms. The van der Waals surface area contributed by atoms with Crippen LogP contribution < -0.4 is 10.6 Å². The molecule has 0 aliphatic heterocycles. The number of carbonyl (C=O) groups is 1. The second-order valence-electron chi connectivity index (χ2n) is 4.48. The maximum Gasteiger partial charge on any atom is 0.315 e. The quantitative estimate of drug-likeness (QED) is 0.572. The van der Waals surface area contributed by atoms with Crippen molar-refractivity contribution in [1.29, 1.82) is 0 Å². The Morgan fingerprint density at radius 1 is 1.32 bits per heavy atom. The third-order valence-corrected chi connectivity index (χ3v) is 2.90. The normalized spacial score (nSPS) is 11.4. The van der Waals surface area contributed by atoms with Crippen molar-refractivity contribution in [2.75, 3.05) is 6.54 Å². The van der Waals surface area contributed by atoms with Crippen LogP contribution in [0.2, 0.25) is 0 Å². The molecule has 1 rings (SSSR count). The molecule has 0 heterocycles. The van der Waals surface area contributed by atoms with Gasteiger partial charge in [0, 0.05) is 13.0 Å². The second-order valence-corrected chi connectivity index (χ2v) is 4.48. The van der Waals surface area contributed by atoms with Gasteiger partial charge in [-0.2, -0.15) is 0 Å². The smallest absolute Gasteiger partial charge is 0.315 e. The van der Waals surface area contributed by atoms with Gasteiger partial charge in [-0.25, -0.2) is 4.79 Å².